The minimum atomic E-state index is 0.0168. The second-order valence-corrected chi connectivity index (χ2v) is 5.48. The van der Waals surface area contributed by atoms with Crippen LogP contribution in [0, 0.1) is 5.92 Å². The van der Waals surface area contributed by atoms with Crippen LogP contribution >= 0.6 is 0 Å². The molecule has 2 amide bonds. The topological polar surface area (TPSA) is 58.2 Å². The maximum Gasteiger partial charge on any atom is 0.220 e. The summed E-state index contributed by atoms with van der Waals surface area (Å²) in [6.45, 7) is 4.49. The summed E-state index contributed by atoms with van der Waals surface area (Å²) in [7, 11) is 0. The van der Waals surface area contributed by atoms with E-state index in [4.69, 9.17) is 0 Å². The third-order valence-electron chi connectivity index (χ3n) is 3.51. The Morgan fingerprint density at radius 1 is 1.17 bits per heavy atom. The van der Waals surface area contributed by atoms with Gasteiger partial charge in [0.25, 0.3) is 0 Å². The van der Waals surface area contributed by atoms with Gasteiger partial charge in [-0.05, 0) is 38.0 Å². The van der Waals surface area contributed by atoms with Crippen LogP contribution in [0.15, 0.2) is 0 Å². The molecular weight excluding hydrogens is 228 g/mol. The minimum Gasteiger partial charge on any atom is -0.356 e. The highest BCUT2D eigenvalue weighted by atomic mass is 16.2. The predicted octanol–water partition coefficient (Wildman–Crippen LogP) is 1.99. The molecule has 1 saturated carbocycles. The molecule has 0 radical (unpaired) electrons. The highest BCUT2D eigenvalue weighted by Crippen LogP contribution is 2.24. The van der Waals surface area contributed by atoms with Crippen LogP contribution in [0.4, 0.5) is 0 Å². The lowest BCUT2D eigenvalue weighted by Crippen LogP contribution is -2.32. The standard InChI is InChI=1S/C14H26N2O2/c1-11-7-8-13(10-11)16-14(18)6-4-3-5-9-15-12(2)17/h11,13H,3-10H2,1-2H3,(H,15,17)(H,16,18). The van der Waals surface area contributed by atoms with Crippen molar-refractivity contribution in [2.24, 2.45) is 5.92 Å². The second-order valence-electron chi connectivity index (χ2n) is 5.48. The molecule has 0 aromatic heterocycles. The smallest absolute Gasteiger partial charge is 0.220 e. The van der Waals surface area contributed by atoms with E-state index in [0.29, 0.717) is 12.5 Å². The van der Waals surface area contributed by atoms with Gasteiger partial charge in [-0.15, -0.1) is 0 Å². The number of amides is 2. The summed E-state index contributed by atoms with van der Waals surface area (Å²) in [4.78, 5) is 22.3. The Bertz CT molecular complexity index is 279. The first-order chi connectivity index (χ1) is 8.58. The summed E-state index contributed by atoms with van der Waals surface area (Å²) in [5, 5.41) is 5.87. The molecular formula is C14H26N2O2. The van der Waals surface area contributed by atoms with E-state index < -0.39 is 0 Å². The summed E-state index contributed by atoms with van der Waals surface area (Å²) in [6.07, 6.45) is 6.98. The van der Waals surface area contributed by atoms with Crippen LogP contribution in [0.1, 0.15) is 58.8 Å². The third kappa shape index (κ3) is 6.62. The van der Waals surface area contributed by atoms with E-state index in [1.54, 1.807) is 0 Å². The Balaban J connectivity index is 1.95. The fourth-order valence-electron chi connectivity index (χ4n) is 2.49. The van der Waals surface area contributed by atoms with E-state index in [-0.39, 0.29) is 11.8 Å². The summed E-state index contributed by atoms with van der Waals surface area (Å²) in [5.41, 5.74) is 0. The van der Waals surface area contributed by atoms with E-state index in [1.165, 1.54) is 13.3 Å². The van der Waals surface area contributed by atoms with Crippen molar-refractivity contribution in [2.45, 2.75) is 64.8 Å². The fourth-order valence-corrected chi connectivity index (χ4v) is 2.49. The van der Waals surface area contributed by atoms with Gasteiger partial charge in [-0.2, -0.15) is 0 Å². The van der Waals surface area contributed by atoms with Crippen molar-refractivity contribution in [1.82, 2.24) is 10.6 Å². The van der Waals surface area contributed by atoms with Crippen LogP contribution in [0.2, 0.25) is 0 Å². The van der Waals surface area contributed by atoms with E-state index in [2.05, 4.69) is 17.6 Å². The van der Waals surface area contributed by atoms with Gasteiger partial charge in [-0.25, -0.2) is 0 Å². The van der Waals surface area contributed by atoms with Gasteiger partial charge >= 0.3 is 0 Å². The maximum absolute atomic E-state index is 11.7. The first-order valence-corrected chi connectivity index (χ1v) is 7.11. The quantitative estimate of drug-likeness (QED) is 0.683. The third-order valence-corrected chi connectivity index (χ3v) is 3.51. The predicted molar refractivity (Wildman–Crippen MR) is 72.1 cm³/mol. The Morgan fingerprint density at radius 3 is 2.56 bits per heavy atom. The molecule has 2 unspecified atom stereocenters. The van der Waals surface area contributed by atoms with Crippen molar-refractivity contribution < 1.29 is 9.59 Å². The van der Waals surface area contributed by atoms with Gasteiger partial charge in [0, 0.05) is 25.9 Å². The fraction of sp³-hybridized carbons (Fsp3) is 0.857. The molecule has 2 N–H and O–H groups in total. The molecule has 2 atom stereocenters. The molecule has 104 valence electrons. The molecule has 1 aliphatic rings. The van der Waals surface area contributed by atoms with Gasteiger partial charge in [-0.1, -0.05) is 13.3 Å². The molecule has 1 rings (SSSR count). The van der Waals surface area contributed by atoms with E-state index in [0.717, 1.165) is 44.6 Å². The molecule has 1 aliphatic carbocycles. The first-order valence-electron chi connectivity index (χ1n) is 7.11. The highest BCUT2D eigenvalue weighted by molar-refractivity contribution is 5.76. The molecule has 18 heavy (non-hydrogen) atoms. The number of unbranched alkanes of at least 4 members (excludes halogenated alkanes) is 2. The second kappa shape index (κ2) is 8.11. The molecule has 0 bridgehead atoms. The Hall–Kier alpha value is -1.06. The number of hydrogen-bond acceptors (Lipinski definition) is 2. The van der Waals surface area contributed by atoms with E-state index in [1.807, 2.05) is 0 Å². The van der Waals surface area contributed by atoms with Crippen LogP contribution in [0.25, 0.3) is 0 Å². The minimum absolute atomic E-state index is 0.0168. The lowest BCUT2D eigenvalue weighted by atomic mass is 10.1. The number of carbonyl (C=O) groups excluding carboxylic acids is 2. The van der Waals surface area contributed by atoms with Crippen molar-refractivity contribution in [1.29, 1.82) is 0 Å². The van der Waals surface area contributed by atoms with Gasteiger partial charge < -0.3 is 10.6 Å². The van der Waals surface area contributed by atoms with Gasteiger partial charge in [0.2, 0.25) is 11.8 Å². The van der Waals surface area contributed by atoms with Crippen molar-refractivity contribution in [3.8, 4) is 0 Å². The first kappa shape index (κ1) is 15.0. The number of nitrogens with one attached hydrogen (secondary N) is 2. The van der Waals surface area contributed by atoms with Crippen LogP contribution < -0.4 is 10.6 Å². The Morgan fingerprint density at radius 2 is 1.94 bits per heavy atom. The SMILES string of the molecule is CC(=O)NCCCCCC(=O)NC1CCC(C)C1. The zero-order valence-electron chi connectivity index (χ0n) is 11.6. The van der Waals surface area contributed by atoms with Gasteiger partial charge in [0.1, 0.15) is 0 Å². The van der Waals surface area contributed by atoms with Gasteiger partial charge in [-0.3, -0.25) is 9.59 Å². The normalized spacial score (nSPS) is 22.8. The van der Waals surface area contributed by atoms with Crippen LogP contribution in [-0.4, -0.2) is 24.4 Å². The Kier molecular flexibility index (Phi) is 6.76. The average molecular weight is 254 g/mol. The van der Waals surface area contributed by atoms with E-state index >= 15 is 0 Å². The van der Waals surface area contributed by atoms with Crippen LogP contribution in [0.3, 0.4) is 0 Å². The van der Waals surface area contributed by atoms with Crippen LogP contribution in [-0.2, 0) is 9.59 Å². The van der Waals surface area contributed by atoms with Crippen LogP contribution in [0.5, 0.6) is 0 Å². The molecule has 1 fully saturated rings. The molecule has 0 saturated heterocycles. The monoisotopic (exact) mass is 254 g/mol. The largest absolute Gasteiger partial charge is 0.356 e. The number of carbonyl (C=O) groups is 2. The lowest BCUT2D eigenvalue weighted by Gasteiger charge is -2.12. The molecule has 0 spiro atoms. The molecule has 0 aromatic carbocycles. The highest BCUT2D eigenvalue weighted by Gasteiger charge is 2.22. The van der Waals surface area contributed by atoms with E-state index in [9.17, 15) is 9.59 Å². The van der Waals surface area contributed by atoms with Crippen molar-refractivity contribution in [2.75, 3.05) is 6.54 Å². The van der Waals surface area contributed by atoms with Crippen molar-refractivity contribution in [3.05, 3.63) is 0 Å². The summed E-state index contributed by atoms with van der Waals surface area (Å²) in [6, 6.07) is 0.409. The molecule has 0 aliphatic heterocycles. The number of rotatable bonds is 7. The summed E-state index contributed by atoms with van der Waals surface area (Å²) < 4.78 is 0. The zero-order chi connectivity index (χ0) is 13.4. The average Bonchev–Trinajstić information content (AvgIpc) is 2.68. The summed E-state index contributed by atoms with van der Waals surface area (Å²) >= 11 is 0. The van der Waals surface area contributed by atoms with Crippen molar-refractivity contribution >= 4 is 11.8 Å². The molecule has 0 heterocycles. The molecule has 0 aromatic rings. The maximum atomic E-state index is 11.7. The van der Waals surface area contributed by atoms with Gasteiger partial charge in [0.15, 0.2) is 0 Å². The van der Waals surface area contributed by atoms with Gasteiger partial charge in [0.05, 0.1) is 0 Å². The number of hydrogen-bond donors (Lipinski definition) is 2. The summed E-state index contributed by atoms with van der Waals surface area (Å²) in [5.74, 6) is 0.963. The lowest BCUT2D eigenvalue weighted by molar-refractivity contribution is -0.122. The molecule has 4 heteroatoms. The Labute approximate surface area is 110 Å². The van der Waals surface area contributed by atoms with Crippen molar-refractivity contribution in [3.63, 3.8) is 0 Å². The zero-order valence-corrected chi connectivity index (χ0v) is 11.6. The molecule has 4 nitrogen and oxygen atoms in total.